The average molecular weight is 459 g/mol. The highest BCUT2D eigenvalue weighted by Gasteiger charge is 2.33. The van der Waals surface area contributed by atoms with Gasteiger partial charge in [0, 0.05) is 17.8 Å². The first-order chi connectivity index (χ1) is 14.5. The van der Waals surface area contributed by atoms with Crippen LogP contribution < -0.4 is 5.32 Å². The number of halogens is 5. The fourth-order valence-corrected chi connectivity index (χ4v) is 3.56. The molecule has 0 saturated heterocycles. The van der Waals surface area contributed by atoms with Gasteiger partial charge >= 0.3 is 6.18 Å². The molecule has 2 N–H and O–H groups in total. The van der Waals surface area contributed by atoms with Gasteiger partial charge in [0.15, 0.2) is 5.78 Å². The number of benzene rings is 1. The van der Waals surface area contributed by atoms with E-state index >= 15 is 0 Å². The van der Waals surface area contributed by atoms with Gasteiger partial charge in [-0.05, 0) is 36.6 Å². The number of hydrogen-bond donors (Lipinski definition) is 2. The number of nitrogens with zero attached hydrogens (tertiary/aromatic N) is 1. The van der Waals surface area contributed by atoms with Crippen molar-refractivity contribution in [3.63, 3.8) is 0 Å². The molecule has 0 spiro atoms. The zero-order valence-electron chi connectivity index (χ0n) is 16.4. The van der Waals surface area contributed by atoms with E-state index in [1.807, 2.05) is 0 Å². The first-order valence-corrected chi connectivity index (χ1v) is 9.75. The van der Waals surface area contributed by atoms with E-state index in [1.165, 1.54) is 0 Å². The molecule has 0 unspecified atom stereocenters. The topological polar surface area (TPSA) is 69.6 Å². The molecule has 10 heteroatoms. The lowest BCUT2D eigenvalue weighted by molar-refractivity contribution is -0.137. The van der Waals surface area contributed by atoms with E-state index in [-0.39, 0.29) is 46.8 Å². The van der Waals surface area contributed by atoms with Crippen LogP contribution in [0.25, 0.3) is 0 Å². The highest BCUT2D eigenvalue weighted by atomic mass is 35.5. The molecule has 3 rings (SSSR count). The molecule has 2 aliphatic rings. The minimum absolute atomic E-state index is 0.0162. The van der Waals surface area contributed by atoms with Crippen molar-refractivity contribution in [2.24, 2.45) is 0 Å². The van der Waals surface area contributed by atoms with Gasteiger partial charge in [-0.15, -0.1) is 0 Å². The minimum Gasteiger partial charge on any atom is -0.394 e. The van der Waals surface area contributed by atoms with Crippen molar-refractivity contribution in [2.45, 2.75) is 32.0 Å². The van der Waals surface area contributed by atoms with Crippen molar-refractivity contribution in [2.75, 3.05) is 13.2 Å². The maximum atomic E-state index is 14.1. The molecule has 1 atom stereocenters. The van der Waals surface area contributed by atoms with E-state index in [4.69, 9.17) is 11.6 Å². The normalized spacial score (nSPS) is 17.8. The summed E-state index contributed by atoms with van der Waals surface area (Å²) in [6.45, 7) is 1.60. The molecule has 1 aromatic rings. The fraction of sp³-hybridized carbons (Fsp3) is 0.333. The second kappa shape index (κ2) is 8.84. The minimum atomic E-state index is -4.69. The van der Waals surface area contributed by atoms with E-state index in [1.54, 1.807) is 24.1 Å². The number of hydrogen-bond acceptors (Lipinski definition) is 4. The SMILES string of the molecule is C[C@H](CO)N1C=C2CC=C(Cl)C(NC(=O)Cc3ccc(C(F)(F)F)cc3F)=C2C(=O)C1. The third kappa shape index (κ3) is 4.99. The van der Waals surface area contributed by atoms with Crippen LogP contribution in [0, 0.1) is 5.82 Å². The molecular formula is C21H19ClF4N2O3. The van der Waals surface area contributed by atoms with Crippen LogP contribution in [-0.4, -0.2) is 40.9 Å². The van der Waals surface area contributed by atoms with Gasteiger partial charge in [-0.3, -0.25) is 9.59 Å². The van der Waals surface area contributed by atoms with Crippen molar-refractivity contribution in [1.29, 1.82) is 0 Å². The lowest BCUT2D eigenvalue weighted by Gasteiger charge is -2.33. The predicted octanol–water partition coefficient (Wildman–Crippen LogP) is 3.43. The van der Waals surface area contributed by atoms with Crippen molar-refractivity contribution in [1.82, 2.24) is 10.2 Å². The Morgan fingerprint density at radius 1 is 1.35 bits per heavy atom. The van der Waals surface area contributed by atoms with Gasteiger partial charge in [-0.1, -0.05) is 23.7 Å². The number of aliphatic hydroxyl groups is 1. The fourth-order valence-electron chi connectivity index (χ4n) is 3.34. The molecule has 31 heavy (non-hydrogen) atoms. The number of nitrogens with one attached hydrogen (secondary N) is 1. The Labute approximate surface area is 180 Å². The third-order valence-corrected chi connectivity index (χ3v) is 5.41. The first kappa shape index (κ1) is 23.0. The van der Waals surface area contributed by atoms with Crippen LogP contribution in [0.5, 0.6) is 0 Å². The average Bonchev–Trinajstić information content (AvgIpc) is 2.70. The van der Waals surface area contributed by atoms with Gasteiger partial charge in [-0.25, -0.2) is 4.39 Å². The number of alkyl halides is 3. The molecule has 1 amide bonds. The van der Waals surface area contributed by atoms with Crippen molar-refractivity contribution in [3.05, 3.63) is 69.3 Å². The van der Waals surface area contributed by atoms with Gasteiger partial charge in [0.2, 0.25) is 5.91 Å². The van der Waals surface area contributed by atoms with Gasteiger partial charge in [-0.2, -0.15) is 13.2 Å². The Morgan fingerprint density at radius 2 is 2.06 bits per heavy atom. The molecule has 0 saturated carbocycles. The molecule has 0 fully saturated rings. The van der Waals surface area contributed by atoms with Crippen LogP contribution >= 0.6 is 11.6 Å². The van der Waals surface area contributed by atoms with E-state index in [0.717, 1.165) is 6.07 Å². The summed E-state index contributed by atoms with van der Waals surface area (Å²) in [7, 11) is 0. The van der Waals surface area contributed by atoms with Crippen molar-refractivity contribution >= 4 is 23.3 Å². The Kier molecular flexibility index (Phi) is 6.56. The van der Waals surface area contributed by atoms with Crippen LogP contribution in [0.1, 0.15) is 24.5 Å². The molecule has 1 aliphatic carbocycles. The number of amides is 1. The molecule has 1 heterocycles. The molecule has 166 valence electrons. The number of aliphatic hydroxyl groups excluding tert-OH is 1. The van der Waals surface area contributed by atoms with Crippen molar-refractivity contribution < 1.29 is 32.3 Å². The number of carbonyl (C=O) groups is 2. The maximum Gasteiger partial charge on any atom is 0.416 e. The third-order valence-electron chi connectivity index (χ3n) is 5.06. The lowest BCUT2D eigenvalue weighted by atomic mass is 9.89. The summed E-state index contributed by atoms with van der Waals surface area (Å²) in [6, 6.07) is 1.66. The summed E-state index contributed by atoms with van der Waals surface area (Å²) in [5.41, 5.74) is -0.452. The zero-order chi connectivity index (χ0) is 22.9. The standard InChI is InChI=1S/C21H19ClF4N2O3/c1-11(10-29)28-8-13-3-5-15(22)20(19(13)17(30)9-28)27-18(31)6-12-2-4-14(7-16(12)23)21(24,25)26/h2,4-5,7-8,11,29H,3,6,9-10H2,1H3,(H,27,31)/t11-/m1/s1. The molecule has 5 nitrogen and oxygen atoms in total. The first-order valence-electron chi connectivity index (χ1n) is 9.38. The summed E-state index contributed by atoms with van der Waals surface area (Å²) in [5.74, 6) is -2.19. The van der Waals surface area contributed by atoms with Gasteiger partial charge in [0.25, 0.3) is 0 Å². The van der Waals surface area contributed by atoms with E-state index in [9.17, 15) is 32.3 Å². The molecule has 0 radical (unpaired) electrons. The second-order valence-corrected chi connectivity index (χ2v) is 7.72. The zero-order valence-corrected chi connectivity index (χ0v) is 17.1. The van der Waals surface area contributed by atoms with E-state index in [0.29, 0.717) is 24.1 Å². The quantitative estimate of drug-likeness (QED) is 0.663. The molecule has 0 bridgehead atoms. The van der Waals surface area contributed by atoms with Crippen LogP contribution in [-0.2, 0) is 22.2 Å². The number of ketones is 1. The molecular weight excluding hydrogens is 440 g/mol. The van der Waals surface area contributed by atoms with Crippen LogP contribution in [0.3, 0.4) is 0 Å². The van der Waals surface area contributed by atoms with Gasteiger partial charge in [0.1, 0.15) is 5.82 Å². The second-order valence-electron chi connectivity index (χ2n) is 7.32. The monoisotopic (exact) mass is 458 g/mol. The summed E-state index contributed by atoms with van der Waals surface area (Å²) in [6.07, 6.45) is -1.56. The number of fused-ring (bicyclic) bond motifs is 1. The molecule has 1 aromatic carbocycles. The lowest BCUT2D eigenvalue weighted by Crippen LogP contribution is -2.41. The Balaban J connectivity index is 1.83. The Morgan fingerprint density at radius 3 is 2.68 bits per heavy atom. The number of Topliss-reactive ketones (excluding diaryl/α,β-unsaturated/α-hetero) is 1. The number of carbonyl (C=O) groups excluding carboxylic acids is 2. The van der Waals surface area contributed by atoms with E-state index in [2.05, 4.69) is 5.32 Å². The van der Waals surface area contributed by atoms with Crippen LogP contribution in [0.15, 0.2) is 52.4 Å². The predicted molar refractivity (Wildman–Crippen MR) is 105 cm³/mol. The smallest absolute Gasteiger partial charge is 0.394 e. The van der Waals surface area contributed by atoms with Gasteiger partial charge in [0.05, 0.1) is 35.9 Å². The molecule has 0 aromatic heterocycles. The number of rotatable bonds is 5. The van der Waals surface area contributed by atoms with Crippen LogP contribution in [0.2, 0.25) is 0 Å². The summed E-state index contributed by atoms with van der Waals surface area (Å²) < 4.78 is 52.1. The summed E-state index contributed by atoms with van der Waals surface area (Å²) in [5, 5.41) is 12.0. The van der Waals surface area contributed by atoms with Crippen LogP contribution in [0.4, 0.5) is 17.6 Å². The van der Waals surface area contributed by atoms with Gasteiger partial charge < -0.3 is 15.3 Å². The Hall–Kier alpha value is -2.65. The molecule has 1 aliphatic heterocycles. The maximum absolute atomic E-state index is 14.1. The summed E-state index contributed by atoms with van der Waals surface area (Å²) >= 11 is 6.20. The Bertz CT molecular complexity index is 1010. The highest BCUT2D eigenvalue weighted by Crippen LogP contribution is 2.34. The highest BCUT2D eigenvalue weighted by molar-refractivity contribution is 6.33. The number of allylic oxidation sites excluding steroid dienone is 3. The van der Waals surface area contributed by atoms with Crippen molar-refractivity contribution in [3.8, 4) is 0 Å². The summed E-state index contributed by atoms with van der Waals surface area (Å²) in [4.78, 5) is 26.9. The van der Waals surface area contributed by atoms with E-state index < -0.39 is 29.9 Å². The largest absolute Gasteiger partial charge is 0.416 e.